The zero-order chi connectivity index (χ0) is 9.42. The molecule has 0 atom stereocenters. The standard InChI is InChI=1S/C8H6N4O/c1-11-2-3-12-8(11)7(13)6(4-9)5-10-12/h2-3,5H,1H3/p+1. The van der Waals surface area contributed by atoms with Gasteiger partial charge in [0, 0.05) is 0 Å². The minimum absolute atomic E-state index is 0.127. The summed E-state index contributed by atoms with van der Waals surface area (Å²) in [5.74, 6) is 0. The summed E-state index contributed by atoms with van der Waals surface area (Å²) in [7, 11) is 1.76. The van der Waals surface area contributed by atoms with Crippen molar-refractivity contribution in [2.75, 3.05) is 0 Å². The fourth-order valence-corrected chi connectivity index (χ4v) is 1.25. The van der Waals surface area contributed by atoms with Gasteiger partial charge >= 0.3 is 5.65 Å². The number of hydrogen-bond acceptors (Lipinski definition) is 2. The molecular formula is C8H7N4O+. The summed E-state index contributed by atoms with van der Waals surface area (Å²) < 4.78 is 3.24. The van der Waals surface area contributed by atoms with Crippen LogP contribution in [-0.2, 0) is 7.05 Å². The molecule has 0 bridgehead atoms. The van der Waals surface area contributed by atoms with Crippen LogP contribution in [0.4, 0.5) is 0 Å². The number of nitrogens with one attached hydrogen (secondary N) is 1. The second kappa shape index (κ2) is 2.45. The molecular weight excluding hydrogens is 168 g/mol. The monoisotopic (exact) mass is 175 g/mol. The number of aryl methyl sites for hydroxylation is 1. The van der Waals surface area contributed by atoms with Crippen LogP contribution in [0, 0.1) is 11.3 Å². The van der Waals surface area contributed by atoms with Gasteiger partial charge in [-0.2, -0.15) is 5.26 Å². The van der Waals surface area contributed by atoms with E-state index in [1.807, 2.05) is 6.07 Å². The number of H-pyrrole nitrogens is 1. The van der Waals surface area contributed by atoms with Crippen molar-refractivity contribution in [3.63, 3.8) is 0 Å². The molecule has 0 unspecified atom stereocenters. The average molecular weight is 175 g/mol. The Kier molecular flexibility index (Phi) is 1.43. The molecule has 0 saturated carbocycles. The van der Waals surface area contributed by atoms with E-state index in [1.54, 1.807) is 28.5 Å². The molecule has 2 rings (SSSR count). The van der Waals surface area contributed by atoms with Crippen molar-refractivity contribution in [1.29, 1.82) is 5.26 Å². The summed E-state index contributed by atoms with van der Waals surface area (Å²) in [5.41, 5.74) is 0.328. The Labute approximate surface area is 73.5 Å². The number of nitrogens with zero attached hydrogens (tertiary/aromatic N) is 3. The lowest BCUT2D eigenvalue weighted by Crippen LogP contribution is -2.32. The second-order valence-corrected chi connectivity index (χ2v) is 2.73. The first kappa shape index (κ1) is 7.55. The summed E-state index contributed by atoms with van der Waals surface area (Å²) in [4.78, 5) is 11.6. The predicted molar refractivity (Wildman–Crippen MR) is 43.9 cm³/mol. The van der Waals surface area contributed by atoms with Gasteiger partial charge in [0.25, 0.3) is 5.43 Å². The van der Waals surface area contributed by atoms with Crippen LogP contribution in [0.25, 0.3) is 5.65 Å². The van der Waals surface area contributed by atoms with Crippen molar-refractivity contribution >= 4 is 5.65 Å². The topological polar surface area (TPSA) is 64.9 Å². The van der Waals surface area contributed by atoms with Crippen molar-refractivity contribution in [2.24, 2.45) is 7.05 Å². The molecule has 0 spiro atoms. The Morgan fingerprint density at radius 1 is 1.69 bits per heavy atom. The van der Waals surface area contributed by atoms with Crippen LogP contribution >= 0.6 is 0 Å². The van der Waals surface area contributed by atoms with Crippen molar-refractivity contribution in [3.8, 4) is 6.07 Å². The molecule has 0 amide bonds. The largest absolute Gasteiger partial charge is 0.354 e. The number of rotatable bonds is 0. The lowest BCUT2D eigenvalue weighted by atomic mass is 10.3. The zero-order valence-electron chi connectivity index (χ0n) is 6.98. The third-order valence-electron chi connectivity index (χ3n) is 1.92. The first-order chi connectivity index (χ1) is 6.24. The number of fused-ring (bicyclic) bond motifs is 1. The minimum Gasteiger partial charge on any atom is -0.279 e. The van der Waals surface area contributed by atoms with Gasteiger partial charge in [0.15, 0.2) is 6.20 Å². The molecule has 5 heteroatoms. The van der Waals surface area contributed by atoms with Gasteiger partial charge in [-0.3, -0.25) is 4.79 Å². The highest BCUT2D eigenvalue weighted by molar-refractivity contribution is 5.39. The number of aromatic amines is 1. The Hall–Kier alpha value is -2.09. The van der Waals surface area contributed by atoms with Gasteiger partial charge in [-0.05, 0) is 0 Å². The van der Waals surface area contributed by atoms with Crippen LogP contribution < -0.4 is 10.00 Å². The molecule has 13 heavy (non-hydrogen) atoms. The molecule has 1 N–H and O–H groups in total. The number of hydrogen-bond donors (Lipinski definition) is 1. The summed E-state index contributed by atoms with van der Waals surface area (Å²) in [6.45, 7) is 0. The molecule has 2 aromatic heterocycles. The Morgan fingerprint density at radius 3 is 3.15 bits per heavy atom. The predicted octanol–water partition coefficient (Wildman–Crippen LogP) is -0.676. The normalized spacial score (nSPS) is 10.2. The van der Waals surface area contributed by atoms with Crippen molar-refractivity contribution in [3.05, 3.63) is 34.4 Å². The molecule has 2 aromatic rings. The fraction of sp³-hybridized carbons (Fsp3) is 0.125. The summed E-state index contributed by atoms with van der Waals surface area (Å²) in [6.07, 6.45) is 4.86. The third-order valence-corrected chi connectivity index (χ3v) is 1.92. The van der Waals surface area contributed by atoms with Crippen molar-refractivity contribution < 1.29 is 4.57 Å². The van der Waals surface area contributed by atoms with E-state index < -0.39 is 0 Å². The summed E-state index contributed by atoms with van der Waals surface area (Å²) in [6, 6.07) is 1.83. The van der Waals surface area contributed by atoms with Gasteiger partial charge in [0.2, 0.25) is 0 Å². The molecule has 5 nitrogen and oxygen atoms in total. The Balaban J connectivity index is 3.03. The van der Waals surface area contributed by atoms with Crippen LogP contribution in [0.2, 0.25) is 0 Å². The fourth-order valence-electron chi connectivity index (χ4n) is 1.25. The highest BCUT2D eigenvalue weighted by Gasteiger charge is 2.13. The number of nitriles is 1. The molecule has 0 saturated heterocycles. The van der Waals surface area contributed by atoms with Crippen LogP contribution in [0.3, 0.4) is 0 Å². The number of aromatic nitrogens is 3. The van der Waals surface area contributed by atoms with Gasteiger partial charge in [-0.25, -0.2) is 9.67 Å². The second-order valence-electron chi connectivity index (χ2n) is 2.73. The van der Waals surface area contributed by atoms with Crippen LogP contribution in [0.5, 0.6) is 0 Å². The molecule has 0 fully saturated rings. The smallest absolute Gasteiger partial charge is 0.279 e. The van der Waals surface area contributed by atoms with E-state index in [4.69, 9.17) is 5.26 Å². The zero-order valence-corrected chi connectivity index (χ0v) is 6.98. The maximum atomic E-state index is 11.6. The van der Waals surface area contributed by atoms with E-state index in [0.717, 1.165) is 0 Å². The van der Waals surface area contributed by atoms with Crippen LogP contribution in [0.15, 0.2) is 23.4 Å². The molecule has 0 aliphatic carbocycles. The first-order valence-corrected chi connectivity index (χ1v) is 3.72. The van der Waals surface area contributed by atoms with Gasteiger partial charge in [-0.1, -0.05) is 0 Å². The molecule has 2 heterocycles. The highest BCUT2D eigenvalue weighted by Crippen LogP contribution is 1.90. The van der Waals surface area contributed by atoms with E-state index >= 15 is 0 Å². The summed E-state index contributed by atoms with van der Waals surface area (Å²) >= 11 is 0. The van der Waals surface area contributed by atoms with E-state index in [-0.39, 0.29) is 11.0 Å². The van der Waals surface area contributed by atoms with Crippen molar-refractivity contribution in [1.82, 2.24) is 9.61 Å². The quantitative estimate of drug-likeness (QED) is 0.539. The van der Waals surface area contributed by atoms with Gasteiger partial charge in [0.05, 0.1) is 13.2 Å². The SMILES string of the molecule is C[n+]1ccn2[nH]cc(C#N)c(=O)c21. The van der Waals surface area contributed by atoms with Gasteiger partial charge < -0.3 is 0 Å². The Bertz CT molecular complexity index is 558. The minimum atomic E-state index is -0.256. The highest BCUT2D eigenvalue weighted by atomic mass is 16.1. The Morgan fingerprint density at radius 2 is 2.46 bits per heavy atom. The lowest BCUT2D eigenvalue weighted by molar-refractivity contribution is -0.645. The van der Waals surface area contributed by atoms with Crippen LogP contribution in [-0.4, -0.2) is 9.61 Å². The van der Waals surface area contributed by atoms with Gasteiger partial charge in [0.1, 0.15) is 17.8 Å². The lowest BCUT2D eigenvalue weighted by Gasteiger charge is -1.88. The van der Waals surface area contributed by atoms with E-state index in [0.29, 0.717) is 5.65 Å². The van der Waals surface area contributed by atoms with E-state index in [1.165, 1.54) is 6.20 Å². The maximum absolute atomic E-state index is 11.6. The molecule has 0 radical (unpaired) electrons. The first-order valence-electron chi connectivity index (χ1n) is 3.72. The number of imidazole rings is 1. The third kappa shape index (κ3) is 0.924. The summed E-state index contributed by atoms with van der Waals surface area (Å²) in [5, 5.41) is 11.4. The molecule has 0 aliphatic rings. The molecule has 0 aliphatic heterocycles. The molecule has 64 valence electrons. The van der Waals surface area contributed by atoms with Gasteiger partial charge in [-0.15, -0.1) is 4.52 Å². The van der Waals surface area contributed by atoms with Crippen molar-refractivity contribution in [2.45, 2.75) is 0 Å². The van der Waals surface area contributed by atoms with E-state index in [2.05, 4.69) is 5.10 Å². The molecule has 0 aromatic carbocycles. The average Bonchev–Trinajstić information content (AvgIpc) is 2.49. The van der Waals surface area contributed by atoms with E-state index in [9.17, 15) is 4.79 Å². The van der Waals surface area contributed by atoms with Crippen LogP contribution in [0.1, 0.15) is 5.56 Å². The maximum Gasteiger partial charge on any atom is 0.354 e.